The van der Waals surface area contributed by atoms with E-state index < -0.39 is 5.69 Å². The van der Waals surface area contributed by atoms with Gasteiger partial charge in [0.25, 0.3) is 0 Å². The second-order valence-corrected chi connectivity index (χ2v) is 5.51. The Labute approximate surface area is 126 Å². The predicted octanol–water partition coefficient (Wildman–Crippen LogP) is 2.58. The number of aryl methyl sites for hydroxylation is 1. The maximum absolute atomic E-state index is 11.7. The fourth-order valence-corrected chi connectivity index (χ4v) is 3.06. The summed E-state index contributed by atoms with van der Waals surface area (Å²) in [7, 11) is 1.61. The number of aromatic nitrogens is 2. The molecule has 2 rings (SSSR count). The number of ether oxygens (including phenoxy) is 1. The first kappa shape index (κ1) is 15.3. The highest BCUT2D eigenvalue weighted by Crippen LogP contribution is 2.26. The lowest BCUT2D eigenvalue weighted by Crippen LogP contribution is -2.17. The van der Waals surface area contributed by atoms with Crippen LogP contribution in [0.5, 0.6) is 5.75 Å². The lowest BCUT2D eigenvalue weighted by atomic mass is 10.2. The highest BCUT2D eigenvalue weighted by molar-refractivity contribution is 7.98. The van der Waals surface area contributed by atoms with Gasteiger partial charge in [0, 0.05) is 11.4 Å². The van der Waals surface area contributed by atoms with Crippen molar-refractivity contribution in [2.45, 2.75) is 24.6 Å². The lowest BCUT2D eigenvalue weighted by molar-refractivity contribution is 0.101. The van der Waals surface area contributed by atoms with Gasteiger partial charge < -0.3 is 9.72 Å². The monoisotopic (exact) mass is 304 g/mol. The average molecular weight is 304 g/mol. The molecule has 21 heavy (non-hydrogen) atoms. The first-order valence-electron chi connectivity index (χ1n) is 6.39. The Morgan fingerprint density at radius 1 is 1.43 bits per heavy atom. The summed E-state index contributed by atoms with van der Waals surface area (Å²) in [4.78, 5) is 29.7. The van der Waals surface area contributed by atoms with Crippen LogP contribution in [0, 0.1) is 6.92 Å². The number of rotatable bonds is 5. The molecule has 0 aliphatic carbocycles. The number of carbonyl (C=O) groups is 1. The van der Waals surface area contributed by atoms with Gasteiger partial charge in [-0.1, -0.05) is 12.1 Å². The summed E-state index contributed by atoms with van der Waals surface area (Å²) in [6.45, 7) is 3.17. The largest absolute Gasteiger partial charge is 0.497 e. The number of ketones is 1. The molecule has 0 aliphatic heterocycles. The van der Waals surface area contributed by atoms with Crippen molar-refractivity contribution in [1.82, 2.24) is 9.97 Å². The van der Waals surface area contributed by atoms with E-state index in [4.69, 9.17) is 4.74 Å². The Morgan fingerprint density at radius 2 is 2.19 bits per heavy atom. The van der Waals surface area contributed by atoms with Crippen LogP contribution in [-0.4, -0.2) is 22.9 Å². The molecular weight excluding hydrogens is 288 g/mol. The molecule has 0 amide bonds. The summed E-state index contributed by atoms with van der Waals surface area (Å²) in [5.74, 6) is 1.27. The van der Waals surface area contributed by atoms with E-state index in [-0.39, 0.29) is 5.78 Å². The van der Waals surface area contributed by atoms with Crippen LogP contribution in [0.2, 0.25) is 0 Å². The zero-order valence-electron chi connectivity index (χ0n) is 12.1. The van der Waals surface area contributed by atoms with Crippen molar-refractivity contribution >= 4 is 17.5 Å². The van der Waals surface area contributed by atoms with Gasteiger partial charge in [-0.3, -0.25) is 4.79 Å². The van der Waals surface area contributed by atoms with Crippen molar-refractivity contribution in [3.8, 4) is 5.75 Å². The number of hydrogen-bond acceptors (Lipinski definition) is 5. The van der Waals surface area contributed by atoms with Crippen molar-refractivity contribution in [3.63, 3.8) is 0 Å². The van der Waals surface area contributed by atoms with Crippen LogP contribution in [0.1, 0.15) is 28.5 Å². The molecule has 0 bridgehead atoms. The summed E-state index contributed by atoms with van der Waals surface area (Å²) >= 11 is 1.37. The van der Waals surface area contributed by atoms with Gasteiger partial charge in [0.05, 0.1) is 12.7 Å². The lowest BCUT2D eigenvalue weighted by Gasteiger charge is -2.08. The summed E-state index contributed by atoms with van der Waals surface area (Å²) in [6.07, 6.45) is 0. The number of nitrogens with one attached hydrogen (secondary N) is 1. The summed E-state index contributed by atoms with van der Waals surface area (Å²) in [5.41, 5.74) is 1.62. The van der Waals surface area contributed by atoms with E-state index in [1.165, 1.54) is 18.7 Å². The van der Waals surface area contributed by atoms with E-state index in [0.29, 0.717) is 22.0 Å². The highest BCUT2D eigenvalue weighted by atomic mass is 32.2. The van der Waals surface area contributed by atoms with Gasteiger partial charge in [0.2, 0.25) is 0 Å². The van der Waals surface area contributed by atoms with Crippen molar-refractivity contribution < 1.29 is 9.53 Å². The number of methoxy groups -OCH3 is 1. The van der Waals surface area contributed by atoms with E-state index in [1.807, 2.05) is 24.3 Å². The van der Waals surface area contributed by atoms with Crippen LogP contribution in [0.25, 0.3) is 0 Å². The number of hydrogen-bond donors (Lipinski definition) is 1. The highest BCUT2D eigenvalue weighted by Gasteiger charge is 2.14. The number of aromatic amines is 1. The Kier molecular flexibility index (Phi) is 4.80. The number of carbonyl (C=O) groups excluding carboxylic acids is 1. The van der Waals surface area contributed by atoms with Gasteiger partial charge in [0.15, 0.2) is 5.78 Å². The Hall–Kier alpha value is -2.08. The van der Waals surface area contributed by atoms with Crippen LogP contribution in [0.15, 0.2) is 34.1 Å². The molecule has 1 heterocycles. The molecule has 0 fully saturated rings. The van der Waals surface area contributed by atoms with Gasteiger partial charge in [0.1, 0.15) is 10.8 Å². The average Bonchev–Trinajstić information content (AvgIpc) is 2.44. The van der Waals surface area contributed by atoms with Gasteiger partial charge in [-0.2, -0.15) is 4.98 Å². The number of nitrogens with zero attached hydrogens (tertiary/aromatic N) is 1. The SMILES string of the molecule is COc1cccc(CSc2nc(=O)[nH]c(C)c2C(C)=O)c1. The number of H-pyrrole nitrogens is 1. The number of thioether (sulfide) groups is 1. The zero-order chi connectivity index (χ0) is 15.4. The van der Waals surface area contributed by atoms with E-state index in [9.17, 15) is 9.59 Å². The van der Waals surface area contributed by atoms with Crippen LogP contribution in [0.4, 0.5) is 0 Å². The minimum Gasteiger partial charge on any atom is -0.497 e. The van der Waals surface area contributed by atoms with E-state index in [1.54, 1.807) is 14.0 Å². The summed E-state index contributed by atoms with van der Waals surface area (Å²) in [6, 6.07) is 7.64. The molecule has 1 N–H and O–H groups in total. The minimum atomic E-state index is -0.439. The third kappa shape index (κ3) is 3.72. The molecule has 6 heteroatoms. The van der Waals surface area contributed by atoms with Crippen LogP contribution in [-0.2, 0) is 5.75 Å². The fraction of sp³-hybridized carbons (Fsp3) is 0.267. The van der Waals surface area contributed by atoms with Gasteiger partial charge >= 0.3 is 5.69 Å². The van der Waals surface area contributed by atoms with Crippen molar-refractivity contribution in [2.24, 2.45) is 0 Å². The van der Waals surface area contributed by atoms with Gasteiger partial charge in [-0.05, 0) is 31.5 Å². The van der Waals surface area contributed by atoms with Crippen LogP contribution in [0.3, 0.4) is 0 Å². The maximum atomic E-state index is 11.7. The topological polar surface area (TPSA) is 72.0 Å². The zero-order valence-corrected chi connectivity index (χ0v) is 12.9. The van der Waals surface area contributed by atoms with E-state index >= 15 is 0 Å². The molecule has 1 aromatic carbocycles. The van der Waals surface area contributed by atoms with E-state index in [0.717, 1.165) is 11.3 Å². The molecule has 1 aromatic heterocycles. The van der Waals surface area contributed by atoms with Crippen LogP contribution < -0.4 is 10.4 Å². The Balaban J connectivity index is 2.27. The maximum Gasteiger partial charge on any atom is 0.346 e. The fourth-order valence-electron chi connectivity index (χ4n) is 1.99. The van der Waals surface area contributed by atoms with E-state index in [2.05, 4.69) is 9.97 Å². The van der Waals surface area contributed by atoms with Crippen molar-refractivity contribution in [2.75, 3.05) is 7.11 Å². The summed E-state index contributed by atoms with van der Waals surface area (Å²) in [5, 5.41) is 0.464. The second-order valence-electron chi connectivity index (χ2n) is 4.54. The first-order valence-corrected chi connectivity index (χ1v) is 7.37. The van der Waals surface area contributed by atoms with Crippen LogP contribution >= 0.6 is 11.8 Å². The third-order valence-electron chi connectivity index (χ3n) is 2.95. The quantitative estimate of drug-likeness (QED) is 0.522. The van der Waals surface area contributed by atoms with Crippen molar-refractivity contribution in [1.29, 1.82) is 0 Å². The Morgan fingerprint density at radius 3 is 2.86 bits per heavy atom. The van der Waals surface area contributed by atoms with Gasteiger partial charge in [-0.25, -0.2) is 4.79 Å². The number of benzene rings is 1. The predicted molar refractivity (Wildman–Crippen MR) is 82.2 cm³/mol. The molecule has 0 saturated carbocycles. The molecule has 0 spiro atoms. The third-order valence-corrected chi connectivity index (χ3v) is 3.99. The minimum absolute atomic E-state index is 0.107. The molecule has 0 aliphatic rings. The first-order chi connectivity index (χ1) is 10.0. The van der Waals surface area contributed by atoms with Gasteiger partial charge in [-0.15, -0.1) is 11.8 Å². The van der Waals surface area contributed by atoms with Crippen molar-refractivity contribution in [3.05, 3.63) is 51.6 Å². The standard InChI is InChI=1S/C15H16N2O3S/c1-9-13(10(2)18)14(17-15(19)16-9)21-8-11-5-4-6-12(7-11)20-3/h4-7H,8H2,1-3H3,(H,16,17,19). The second kappa shape index (κ2) is 6.58. The normalized spacial score (nSPS) is 10.4. The molecule has 5 nitrogen and oxygen atoms in total. The molecule has 2 aromatic rings. The molecule has 0 saturated heterocycles. The molecule has 0 radical (unpaired) electrons. The molecule has 110 valence electrons. The smallest absolute Gasteiger partial charge is 0.346 e. The number of Topliss-reactive ketones (excluding diaryl/α,β-unsaturated/α-hetero) is 1. The molecule has 0 atom stereocenters. The summed E-state index contributed by atoms with van der Waals surface area (Å²) < 4.78 is 5.17. The Bertz CT molecular complexity index is 725. The molecule has 0 unspecified atom stereocenters. The molecular formula is C15H16N2O3S.